The summed E-state index contributed by atoms with van der Waals surface area (Å²) in [4.78, 5) is 23.7. The summed E-state index contributed by atoms with van der Waals surface area (Å²) in [5.41, 5.74) is 2.47. The zero-order chi connectivity index (χ0) is 25.2. The molecule has 0 aliphatic heterocycles. The number of aromatic nitrogens is 3. The number of hydrogen-bond donors (Lipinski definition) is 1. The molecule has 1 heterocycles. The summed E-state index contributed by atoms with van der Waals surface area (Å²) in [6, 6.07) is 7.66. The van der Waals surface area contributed by atoms with E-state index in [1.54, 1.807) is 11.9 Å². The number of hydrogen-bond acceptors (Lipinski definition) is 6. The van der Waals surface area contributed by atoms with Crippen molar-refractivity contribution < 1.29 is 9.59 Å². The predicted molar refractivity (Wildman–Crippen MR) is 143 cm³/mol. The van der Waals surface area contributed by atoms with Crippen molar-refractivity contribution in [2.24, 2.45) is 0 Å². The molecule has 0 bridgehead atoms. The number of ketones is 1. The van der Waals surface area contributed by atoms with Crippen molar-refractivity contribution in [1.82, 2.24) is 20.3 Å². The quantitative estimate of drug-likeness (QED) is 0.228. The molecule has 1 amide bonds. The van der Waals surface area contributed by atoms with E-state index in [1.165, 1.54) is 12.8 Å². The molecule has 0 saturated heterocycles. The van der Waals surface area contributed by atoms with Crippen LogP contribution in [0.15, 0.2) is 30.5 Å². The Balaban J connectivity index is 0.00000281. The average molecular weight is 490 g/mol. The minimum absolute atomic E-state index is 0.117. The van der Waals surface area contributed by atoms with Crippen LogP contribution in [-0.2, 0) is 17.9 Å². The van der Waals surface area contributed by atoms with Gasteiger partial charge in [-0.1, -0.05) is 64.1 Å². The van der Waals surface area contributed by atoms with Gasteiger partial charge in [0.1, 0.15) is 11.5 Å². The normalized spacial score (nSPS) is 10.4. The number of carbonyl (C=O) groups excluding carboxylic acids is 2. The first-order chi connectivity index (χ1) is 16.5. The molecule has 0 saturated carbocycles. The molecule has 0 atom stereocenters. The summed E-state index contributed by atoms with van der Waals surface area (Å²) < 4.78 is 3.96. The number of nitrogens with one attached hydrogen (secondary N) is 1. The molecule has 0 spiro atoms. The lowest BCUT2D eigenvalue weighted by Crippen LogP contribution is -2.23. The zero-order valence-electron chi connectivity index (χ0n) is 21.7. The second kappa shape index (κ2) is 18.0. The summed E-state index contributed by atoms with van der Waals surface area (Å²) in [5, 5.41) is 11.2. The lowest BCUT2D eigenvalue weighted by Gasteiger charge is -2.17. The van der Waals surface area contributed by atoms with Crippen molar-refractivity contribution in [2.75, 3.05) is 17.1 Å². The van der Waals surface area contributed by atoms with Gasteiger partial charge in [-0.2, -0.15) is 0 Å². The molecule has 0 unspecified atom stereocenters. The summed E-state index contributed by atoms with van der Waals surface area (Å²) in [5.74, 6) is 1.32. The number of nitrogens with zero attached hydrogens (tertiary/aromatic N) is 4. The number of rotatable bonds is 16. The van der Waals surface area contributed by atoms with Gasteiger partial charge in [-0.15, -0.1) is 5.10 Å². The Hall–Kier alpha value is -2.35. The van der Waals surface area contributed by atoms with Gasteiger partial charge < -0.3 is 9.62 Å². The monoisotopic (exact) mass is 489 g/mol. The third kappa shape index (κ3) is 11.7. The minimum atomic E-state index is -0.117. The summed E-state index contributed by atoms with van der Waals surface area (Å²) in [7, 11) is 2.05. The highest BCUT2D eigenvalue weighted by atomic mass is 32.2. The molecule has 2 aromatic rings. The van der Waals surface area contributed by atoms with Gasteiger partial charge in [0.05, 0.1) is 12.7 Å². The first kappa shape index (κ1) is 29.7. The van der Waals surface area contributed by atoms with Gasteiger partial charge >= 0.3 is 0 Å². The Labute approximate surface area is 210 Å². The Morgan fingerprint density at radius 2 is 1.74 bits per heavy atom. The van der Waals surface area contributed by atoms with E-state index < -0.39 is 0 Å². The van der Waals surface area contributed by atoms with Gasteiger partial charge in [0.25, 0.3) is 5.91 Å². The van der Waals surface area contributed by atoms with Crippen LogP contribution in [0.2, 0.25) is 0 Å². The van der Waals surface area contributed by atoms with Gasteiger partial charge in [0, 0.05) is 43.4 Å². The van der Waals surface area contributed by atoms with Gasteiger partial charge in [-0.25, -0.2) is 0 Å². The molecule has 1 aromatic heterocycles. The van der Waals surface area contributed by atoms with E-state index in [0.717, 1.165) is 49.4 Å². The summed E-state index contributed by atoms with van der Waals surface area (Å²) in [6.45, 7) is 9.26. The number of benzene rings is 1. The third-order valence-electron chi connectivity index (χ3n) is 5.28. The molecule has 7 nitrogen and oxygen atoms in total. The summed E-state index contributed by atoms with van der Waals surface area (Å²) in [6.07, 6.45) is 9.72. The van der Waals surface area contributed by atoms with Crippen LogP contribution in [0.1, 0.15) is 95.1 Å². The molecular formula is C26H43N5O2S. The molecule has 2 rings (SSSR count). The fourth-order valence-electron chi connectivity index (χ4n) is 3.17. The van der Waals surface area contributed by atoms with Crippen LogP contribution in [0, 0.1) is 0 Å². The molecular weight excluding hydrogens is 446 g/mol. The van der Waals surface area contributed by atoms with Gasteiger partial charge in [0.2, 0.25) is 0 Å². The smallest absolute Gasteiger partial charge is 0.251 e. The van der Waals surface area contributed by atoms with E-state index >= 15 is 0 Å². The van der Waals surface area contributed by atoms with Crippen LogP contribution < -0.4 is 9.62 Å². The molecule has 0 aliphatic rings. The van der Waals surface area contributed by atoms with E-state index in [-0.39, 0.29) is 5.91 Å². The predicted octanol–water partition coefficient (Wildman–Crippen LogP) is 6.05. The highest BCUT2D eigenvalue weighted by Crippen LogP contribution is 2.21. The highest BCUT2D eigenvalue weighted by molar-refractivity contribution is 8.00. The maximum Gasteiger partial charge on any atom is 0.251 e. The third-order valence-corrected chi connectivity index (χ3v) is 6.35. The Kier molecular flexibility index (Phi) is 15.7. The van der Waals surface area contributed by atoms with Crippen molar-refractivity contribution in [2.45, 2.75) is 92.2 Å². The van der Waals surface area contributed by atoms with Crippen LogP contribution in [0.3, 0.4) is 0 Å². The Morgan fingerprint density at radius 1 is 1.03 bits per heavy atom. The van der Waals surface area contributed by atoms with E-state index in [0.29, 0.717) is 30.7 Å². The molecule has 190 valence electrons. The SMILES string of the molecule is CC.CCCCSN(C)c1ccc(C(=O)NCc2cn(CCCCCCC(=O)CC)nn2)cc1. The van der Waals surface area contributed by atoms with Crippen molar-refractivity contribution in [3.8, 4) is 0 Å². The van der Waals surface area contributed by atoms with Gasteiger partial charge in [0.15, 0.2) is 0 Å². The molecule has 34 heavy (non-hydrogen) atoms. The lowest BCUT2D eigenvalue weighted by atomic mass is 10.1. The van der Waals surface area contributed by atoms with Gasteiger partial charge in [-0.3, -0.25) is 14.3 Å². The average Bonchev–Trinajstić information content (AvgIpc) is 3.33. The Bertz CT molecular complexity index is 823. The minimum Gasteiger partial charge on any atom is -0.346 e. The van der Waals surface area contributed by atoms with E-state index in [2.05, 4.69) is 26.9 Å². The largest absolute Gasteiger partial charge is 0.346 e. The Morgan fingerprint density at radius 3 is 2.41 bits per heavy atom. The second-order valence-electron chi connectivity index (χ2n) is 7.94. The van der Waals surface area contributed by atoms with Crippen LogP contribution in [-0.4, -0.2) is 39.5 Å². The maximum absolute atomic E-state index is 12.5. The molecule has 0 radical (unpaired) electrons. The van der Waals surface area contributed by atoms with Crippen LogP contribution in [0.4, 0.5) is 5.69 Å². The molecule has 1 N–H and O–H groups in total. The van der Waals surface area contributed by atoms with Gasteiger partial charge in [-0.05, 0) is 43.5 Å². The number of unbranched alkanes of at least 4 members (excludes halogenated alkanes) is 4. The van der Waals surface area contributed by atoms with Crippen molar-refractivity contribution in [3.63, 3.8) is 0 Å². The highest BCUT2D eigenvalue weighted by Gasteiger charge is 2.09. The van der Waals surface area contributed by atoms with E-state index in [4.69, 9.17) is 0 Å². The van der Waals surface area contributed by atoms with E-state index in [9.17, 15) is 9.59 Å². The first-order valence-corrected chi connectivity index (χ1v) is 13.6. The zero-order valence-corrected chi connectivity index (χ0v) is 22.5. The number of Topliss-reactive ketones (excluding diaryl/α,β-unsaturated/α-hetero) is 1. The second-order valence-corrected chi connectivity index (χ2v) is 9.16. The molecule has 0 aliphatic carbocycles. The molecule has 0 fully saturated rings. The number of amides is 1. The van der Waals surface area contributed by atoms with E-state index in [1.807, 2.05) is 63.0 Å². The number of carbonyl (C=O) groups is 2. The molecule has 1 aromatic carbocycles. The van der Waals surface area contributed by atoms with Crippen LogP contribution in [0.25, 0.3) is 0 Å². The standard InChI is InChI=1S/C24H37N5O2S.C2H6/c1-4-6-17-32-28(3)22-14-12-20(13-15-22)24(31)25-18-21-19-29(27-26-21)16-10-8-7-9-11-23(30)5-2;1-2/h12-15,19H,4-11,16-18H2,1-3H3,(H,25,31);1-2H3. The van der Waals surface area contributed by atoms with Crippen molar-refractivity contribution in [3.05, 3.63) is 41.7 Å². The maximum atomic E-state index is 12.5. The summed E-state index contributed by atoms with van der Waals surface area (Å²) >= 11 is 1.79. The fraction of sp³-hybridized carbons (Fsp3) is 0.615. The molecule has 8 heteroatoms. The van der Waals surface area contributed by atoms with Crippen molar-refractivity contribution >= 4 is 29.3 Å². The first-order valence-electron chi connectivity index (χ1n) is 12.7. The fourth-order valence-corrected chi connectivity index (χ4v) is 4.13. The van der Waals surface area contributed by atoms with Crippen LogP contribution in [0.5, 0.6) is 0 Å². The number of anilines is 1. The lowest BCUT2D eigenvalue weighted by molar-refractivity contribution is -0.118. The number of aryl methyl sites for hydroxylation is 1. The van der Waals surface area contributed by atoms with Crippen LogP contribution >= 0.6 is 11.9 Å². The topological polar surface area (TPSA) is 80.1 Å². The van der Waals surface area contributed by atoms with Crippen molar-refractivity contribution in [1.29, 1.82) is 0 Å².